The summed E-state index contributed by atoms with van der Waals surface area (Å²) < 4.78 is 2.08. The van der Waals surface area contributed by atoms with Gasteiger partial charge in [0.05, 0.1) is 15.9 Å². The number of fused-ring (bicyclic) bond motifs is 1. The Balaban J connectivity index is 1.99. The average Bonchev–Trinajstić information content (AvgIpc) is 2.84. The largest absolute Gasteiger partial charge is 0.396 e. The summed E-state index contributed by atoms with van der Waals surface area (Å²) in [5, 5.41) is 0.916. The number of hydrogen-bond acceptors (Lipinski definition) is 5. The minimum absolute atomic E-state index is 0.725. The summed E-state index contributed by atoms with van der Waals surface area (Å²) in [5.74, 6) is 0. The summed E-state index contributed by atoms with van der Waals surface area (Å²) in [6.45, 7) is 0. The van der Waals surface area contributed by atoms with Gasteiger partial charge in [-0.25, -0.2) is 9.97 Å². The number of pyridine rings is 1. The fraction of sp³-hybridized carbons (Fsp3) is 0. The highest BCUT2D eigenvalue weighted by Gasteiger charge is 2.08. The summed E-state index contributed by atoms with van der Waals surface area (Å²) in [7, 11) is 0. The minimum Gasteiger partial charge on any atom is -0.396 e. The number of rotatable bonds is 2. The van der Waals surface area contributed by atoms with Gasteiger partial charge in [-0.15, -0.1) is 11.3 Å². The van der Waals surface area contributed by atoms with Crippen LogP contribution in [0.25, 0.3) is 10.2 Å². The molecule has 0 radical (unpaired) electrons. The quantitative estimate of drug-likeness (QED) is 0.712. The zero-order valence-corrected chi connectivity index (χ0v) is 12.3. The van der Waals surface area contributed by atoms with Gasteiger partial charge in [-0.2, -0.15) is 0 Å². The van der Waals surface area contributed by atoms with Crippen LogP contribution in [0.1, 0.15) is 0 Å². The van der Waals surface area contributed by atoms with Crippen LogP contribution in [-0.2, 0) is 0 Å². The number of anilines is 1. The molecule has 2 N–H and O–H groups in total. The molecule has 0 amide bonds. The Bertz CT molecular complexity index is 694. The van der Waals surface area contributed by atoms with E-state index >= 15 is 0 Å². The molecule has 0 saturated carbocycles. The Kier molecular flexibility index (Phi) is 3.23. The van der Waals surface area contributed by atoms with Crippen LogP contribution < -0.4 is 5.73 Å². The van der Waals surface area contributed by atoms with Crippen molar-refractivity contribution in [2.24, 2.45) is 0 Å². The lowest BCUT2D eigenvalue weighted by Crippen LogP contribution is -1.90. The van der Waals surface area contributed by atoms with E-state index in [2.05, 4.69) is 25.9 Å². The van der Waals surface area contributed by atoms with Crippen LogP contribution in [0.3, 0.4) is 0 Å². The third-order valence-corrected chi connectivity index (χ3v) is 4.71. The highest BCUT2D eigenvalue weighted by Crippen LogP contribution is 2.36. The molecule has 6 heteroatoms. The SMILES string of the molecule is Nc1c(Sc2ccc(Br)cn2)ccc2scnc12. The van der Waals surface area contributed by atoms with Gasteiger partial charge in [0, 0.05) is 15.6 Å². The number of aromatic nitrogens is 2. The van der Waals surface area contributed by atoms with E-state index < -0.39 is 0 Å². The first kappa shape index (κ1) is 12.0. The van der Waals surface area contributed by atoms with E-state index in [1.807, 2.05) is 29.8 Å². The Hall–Kier alpha value is -1.11. The molecule has 0 aliphatic carbocycles. The lowest BCUT2D eigenvalue weighted by Gasteiger charge is -2.05. The predicted octanol–water partition coefficient (Wildman–Crippen LogP) is 4.19. The minimum atomic E-state index is 0.725. The second-order valence-electron chi connectivity index (χ2n) is 3.59. The number of nitrogen functional groups attached to an aromatic ring is 1. The van der Waals surface area contributed by atoms with Crippen molar-refractivity contribution in [2.75, 3.05) is 5.73 Å². The standard InChI is InChI=1S/C12H8BrN3S2/c13-7-1-4-10(15-5-7)18-8-2-3-9-12(11(8)14)16-6-17-9/h1-6H,14H2. The van der Waals surface area contributed by atoms with E-state index in [0.717, 1.165) is 30.3 Å². The Labute approximate surface area is 121 Å². The lowest BCUT2D eigenvalue weighted by molar-refractivity contribution is 1.12. The van der Waals surface area contributed by atoms with Crippen LogP contribution in [0.5, 0.6) is 0 Å². The predicted molar refractivity (Wildman–Crippen MR) is 80.1 cm³/mol. The molecule has 0 spiro atoms. The van der Waals surface area contributed by atoms with Crippen molar-refractivity contribution in [1.82, 2.24) is 9.97 Å². The first-order chi connectivity index (χ1) is 8.74. The van der Waals surface area contributed by atoms with Gasteiger partial charge in [0.2, 0.25) is 0 Å². The van der Waals surface area contributed by atoms with E-state index in [1.54, 1.807) is 29.3 Å². The van der Waals surface area contributed by atoms with E-state index in [9.17, 15) is 0 Å². The third-order valence-electron chi connectivity index (χ3n) is 2.42. The number of thiazole rings is 1. The normalized spacial score (nSPS) is 10.9. The molecule has 0 aliphatic heterocycles. The fourth-order valence-electron chi connectivity index (χ4n) is 1.56. The Morgan fingerprint density at radius 1 is 1.17 bits per heavy atom. The van der Waals surface area contributed by atoms with Crippen molar-refractivity contribution >= 4 is 54.9 Å². The summed E-state index contributed by atoms with van der Waals surface area (Å²) in [6.07, 6.45) is 1.78. The molecular weight excluding hydrogens is 330 g/mol. The molecule has 0 saturated heterocycles. The number of nitrogens with two attached hydrogens (primary N) is 1. The lowest BCUT2D eigenvalue weighted by atomic mass is 10.3. The zero-order chi connectivity index (χ0) is 12.5. The van der Waals surface area contributed by atoms with Gasteiger partial charge in [0.15, 0.2) is 0 Å². The van der Waals surface area contributed by atoms with Crippen molar-refractivity contribution in [3.8, 4) is 0 Å². The summed E-state index contributed by atoms with van der Waals surface area (Å²) in [6, 6.07) is 7.99. The molecule has 1 aromatic carbocycles. The third kappa shape index (κ3) is 2.23. The van der Waals surface area contributed by atoms with Crippen LogP contribution in [0.4, 0.5) is 5.69 Å². The van der Waals surface area contributed by atoms with Gasteiger partial charge >= 0.3 is 0 Å². The maximum Gasteiger partial charge on any atom is 0.105 e. The van der Waals surface area contributed by atoms with Crippen LogP contribution in [-0.4, -0.2) is 9.97 Å². The van der Waals surface area contributed by atoms with Crippen molar-refractivity contribution in [2.45, 2.75) is 9.92 Å². The first-order valence-electron chi connectivity index (χ1n) is 5.15. The van der Waals surface area contributed by atoms with E-state index in [0.29, 0.717) is 0 Å². The number of hydrogen-bond donors (Lipinski definition) is 1. The van der Waals surface area contributed by atoms with E-state index in [4.69, 9.17) is 5.73 Å². The first-order valence-corrected chi connectivity index (χ1v) is 7.64. The van der Waals surface area contributed by atoms with Gasteiger partial charge in [-0.1, -0.05) is 11.8 Å². The van der Waals surface area contributed by atoms with Gasteiger partial charge in [0.1, 0.15) is 10.5 Å². The van der Waals surface area contributed by atoms with Crippen LogP contribution in [0, 0.1) is 0 Å². The second kappa shape index (κ2) is 4.87. The molecule has 18 heavy (non-hydrogen) atoms. The van der Waals surface area contributed by atoms with Gasteiger partial charge in [-0.3, -0.25) is 0 Å². The maximum atomic E-state index is 6.13. The Morgan fingerprint density at radius 2 is 2.06 bits per heavy atom. The van der Waals surface area contributed by atoms with E-state index in [-0.39, 0.29) is 0 Å². The maximum absolute atomic E-state index is 6.13. The van der Waals surface area contributed by atoms with Crippen LogP contribution in [0.2, 0.25) is 0 Å². The zero-order valence-electron chi connectivity index (χ0n) is 9.13. The average molecular weight is 338 g/mol. The highest BCUT2D eigenvalue weighted by atomic mass is 79.9. The van der Waals surface area contributed by atoms with Gasteiger partial charge < -0.3 is 5.73 Å². The Morgan fingerprint density at radius 3 is 2.83 bits per heavy atom. The molecule has 0 bridgehead atoms. The highest BCUT2D eigenvalue weighted by molar-refractivity contribution is 9.10. The smallest absolute Gasteiger partial charge is 0.105 e. The molecule has 2 aromatic heterocycles. The van der Waals surface area contributed by atoms with Crippen LogP contribution >= 0.6 is 39.0 Å². The van der Waals surface area contributed by atoms with E-state index in [1.165, 1.54) is 0 Å². The summed E-state index contributed by atoms with van der Waals surface area (Å²) >= 11 is 6.51. The molecule has 3 rings (SSSR count). The van der Waals surface area contributed by atoms with Gasteiger partial charge in [-0.05, 0) is 40.2 Å². The number of halogens is 1. The topological polar surface area (TPSA) is 51.8 Å². The molecular formula is C12H8BrN3S2. The molecule has 3 aromatic rings. The second-order valence-corrected chi connectivity index (χ2v) is 6.46. The van der Waals surface area contributed by atoms with Crippen molar-refractivity contribution in [3.05, 3.63) is 40.4 Å². The van der Waals surface area contributed by atoms with Crippen molar-refractivity contribution in [1.29, 1.82) is 0 Å². The molecule has 0 fully saturated rings. The molecule has 0 aliphatic rings. The number of benzene rings is 1. The van der Waals surface area contributed by atoms with Crippen molar-refractivity contribution in [3.63, 3.8) is 0 Å². The fourth-order valence-corrected chi connectivity index (χ4v) is 3.29. The van der Waals surface area contributed by atoms with Gasteiger partial charge in [0.25, 0.3) is 0 Å². The monoisotopic (exact) mass is 337 g/mol. The molecule has 90 valence electrons. The molecule has 0 unspecified atom stereocenters. The molecule has 2 heterocycles. The summed E-state index contributed by atoms with van der Waals surface area (Å²) in [4.78, 5) is 9.60. The molecule has 0 atom stereocenters. The van der Waals surface area contributed by atoms with Crippen molar-refractivity contribution < 1.29 is 0 Å². The number of nitrogens with zero attached hydrogens (tertiary/aromatic N) is 2. The van der Waals surface area contributed by atoms with Crippen LogP contribution in [0.15, 0.2) is 50.4 Å². The molecule has 3 nitrogen and oxygen atoms in total. The summed E-state index contributed by atoms with van der Waals surface area (Å²) in [5.41, 5.74) is 9.54.